The first-order chi connectivity index (χ1) is 9.56. The molecule has 1 atom stereocenters. The van der Waals surface area contributed by atoms with Crippen LogP contribution in [-0.2, 0) is 0 Å². The molecule has 2 rings (SSSR count). The molecular formula is C15H18BrNOS2. The van der Waals surface area contributed by atoms with E-state index in [1.54, 1.807) is 23.3 Å². The number of aryl methyl sites for hydroxylation is 2. The molecule has 0 amide bonds. The maximum Gasteiger partial charge on any atom is 0.125 e. The Hall–Kier alpha value is -0.490. The van der Waals surface area contributed by atoms with Gasteiger partial charge in [0.25, 0.3) is 0 Å². The lowest BCUT2D eigenvalue weighted by Crippen LogP contribution is -2.26. The van der Waals surface area contributed by atoms with Gasteiger partial charge in [0.15, 0.2) is 0 Å². The van der Waals surface area contributed by atoms with Gasteiger partial charge in [-0.15, -0.1) is 11.3 Å². The van der Waals surface area contributed by atoms with Crippen molar-refractivity contribution >= 4 is 39.2 Å². The Kier molecular flexibility index (Phi) is 5.96. The van der Waals surface area contributed by atoms with Gasteiger partial charge in [-0.1, -0.05) is 18.2 Å². The summed E-state index contributed by atoms with van der Waals surface area (Å²) in [5, 5.41) is 0. The monoisotopic (exact) mass is 371 g/mol. The third kappa shape index (κ3) is 4.52. The van der Waals surface area contributed by atoms with Crippen LogP contribution < -0.4 is 9.46 Å². The van der Waals surface area contributed by atoms with Crippen LogP contribution in [0.25, 0.3) is 0 Å². The van der Waals surface area contributed by atoms with Gasteiger partial charge in [0, 0.05) is 6.04 Å². The van der Waals surface area contributed by atoms with Crippen molar-refractivity contribution in [1.82, 2.24) is 4.72 Å². The highest BCUT2D eigenvalue weighted by Gasteiger charge is 2.08. The smallest absolute Gasteiger partial charge is 0.125 e. The molecule has 2 nitrogen and oxygen atoms in total. The summed E-state index contributed by atoms with van der Waals surface area (Å²) in [4.78, 5) is 0. The zero-order chi connectivity index (χ0) is 14.5. The van der Waals surface area contributed by atoms with Gasteiger partial charge >= 0.3 is 0 Å². The van der Waals surface area contributed by atoms with E-state index in [1.165, 1.54) is 15.3 Å². The number of hydrogen-bond acceptors (Lipinski definition) is 4. The van der Waals surface area contributed by atoms with Crippen LogP contribution in [0.15, 0.2) is 38.3 Å². The maximum atomic E-state index is 5.94. The number of para-hydroxylation sites is 1. The third-order valence-electron chi connectivity index (χ3n) is 2.80. The highest BCUT2D eigenvalue weighted by Crippen LogP contribution is 2.29. The molecule has 2 aromatic rings. The highest BCUT2D eigenvalue weighted by molar-refractivity contribution is 9.11. The molecule has 1 heterocycles. The number of ether oxygens (including phenoxy) is 1. The Bertz CT molecular complexity index is 551. The van der Waals surface area contributed by atoms with Gasteiger partial charge < -0.3 is 4.74 Å². The average molecular weight is 372 g/mol. The van der Waals surface area contributed by atoms with Crippen LogP contribution in [0, 0.1) is 13.8 Å². The summed E-state index contributed by atoms with van der Waals surface area (Å²) in [5.41, 5.74) is 2.37. The number of thiophene rings is 1. The van der Waals surface area contributed by atoms with E-state index in [1.807, 2.05) is 0 Å². The fourth-order valence-corrected chi connectivity index (χ4v) is 4.32. The molecule has 1 aromatic heterocycles. The van der Waals surface area contributed by atoms with Gasteiger partial charge in [0.05, 0.1) is 8.00 Å². The van der Waals surface area contributed by atoms with Gasteiger partial charge in [-0.05, 0) is 71.9 Å². The van der Waals surface area contributed by atoms with Crippen molar-refractivity contribution in [3.8, 4) is 5.75 Å². The molecule has 0 fully saturated rings. The molecule has 0 radical (unpaired) electrons. The van der Waals surface area contributed by atoms with Gasteiger partial charge in [0.2, 0.25) is 0 Å². The fourth-order valence-electron chi connectivity index (χ4n) is 1.78. The van der Waals surface area contributed by atoms with E-state index in [9.17, 15) is 0 Å². The number of rotatable bonds is 6. The number of hydrogen-bond donors (Lipinski definition) is 1. The van der Waals surface area contributed by atoms with E-state index < -0.39 is 0 Å². The number of halogens is 1. The Morgan fingerprint density at radius 3 is 2.55 bits per heavy atom. The molecule has 1 unspecified atom stereocenters. The zero-order valence-corrected chi connectivity index (χ0v) is 15.0. The molecule has 0 spiro atoms. The standard InChI is InChI=1S/C15H18BrNOS2/c1-10-5-4-6-11(2)15(10)18-9-12(3)17-20-14-8-7-13(16)19-14/h4-8,12,17H,9H2,1-3H3. The minimum atomic E-state index is 0.278. The van der Waals surface area contributed by atoms with Crippen molar-refractivity contribution in [3.63, 3.8) is 0 Å². The second kappa shape index (κ2) is 7.50. The Morgan fingerprint density at radius 2 is 1.95 bits per heavy atom. The molecule has 0 saturated carbocycles. The van der Waals surface area contributed by atoms with Gasteiger partial charge in [-0.25, -0.2) is 0 Å². The van der Waals surface area contributed by atoms with Crippen molar-refractivity contribution in [3.05, 3.63) is 45.2 Å². The van der Waals surface area contributed by atoms with E-state index in [-0.39, 0.29) is 6.04 Å². The van der Waals surface area contributed by atoms with E-state index in [0.717, 1.165) is 9.54 Å². The second-order valence-electron chi connectivity index (χ2n) is 4.71. The number of nitrogens with one attached hydrogen (secondary N) is 1. The summed E-state index contributed by atoms with van der Waals surface area (Å²) in [7, 11) is 0. The first kappa shape index (κ1) is 15.9. The highest BCUT2D eigenvalue weighted by atomic mass is 79.9. The van der Waals surface area contributed by atoms with Crippen LogP contribution in [0.1, 0.15) is 18.1 Å². The summed E-state index contributed by atoms with van der Waals surface area (Å²) >= 11 is 6.85. The molecule has 5 heteroatoms. The van der Waals surface area contributed by atoms with Crippen LogP contribution in [-0.4, -0.2) is 12.6 Å². The quantitative estimate of drug-likeness (QED) is 0.705. The summed E-state index contributed by atoms with van der Waals surface area (Å²) in [5.74, 6) is 1.00. The van der Waals surface area contributed by atoms with Crippen molar-refractivity contribution in [2.45, 2.75) is 31.0 Å². The summed E-state index contributed by atoms with van der Waals surface area (Å²) < 4.78 is 11.7. The minimum Gasteiger partial charge on any atom is -0.491 e. The van der Waals surface area contributed by atoms with Gasteiger partial charge in [-0.2, -0.15) is 0 Å². The van der Waals surface area contributed by atoms with Crippen LogP contribution in [0.5, 0.6) is 5.75 Å². The Balaban J connectivity index is 1.81. The second-order valence-corrected chi connectivity index (χ2v) is 8.31. The molecule has 108 valence electrons. The normalized spacial score (nSPS) is 12.4. The first-order valence-electron chi connectivity index (χ1n) is 6.43. The Labute approximate surface area is 137 Å². The first-order valence-corrected chi connectivity index (χ1v) is 8.85. The molecule has 0 aliphatic carbocycles. The predicted molar refractivity (Wildman–Crippen MR) is 91.9 cm³/mol. The Morgan fingerprint density at radius 1 is 1.25 bits per heavy atom. The van der Waals surface area contributed by atoms with E-state index in [2.05, 4.69) is 71.8 Å². The lowest BCUT2D eigenvalue weighted by molar-refractivity contribution is 0.286. The van der Waals surface area contributed by atoms with Crippen molar-refractivity contribution < 1.29 is 4.74 Å². The largest absolute Gasteiger partial charge is 0.491 e. The van der Waals surface area contributed by atoms with Crippen molar-refractivity contribution in [1.29, 1.82) is 0 Å². The SMILES string of the molecule is Cc1cccc(C)c1OCC(C)NSc1ccc(Br)s1. The van der Waals surface area contributed by atoms with Crippen LogP contribution in [0.2, 0.25) is 0 Å². The summed E-state index contributed by atoms with van der Waals surface area (Å²) in [6, 6.07) is 10.7. The topological polar surface area (TPSA) is 21.3 Å². The summed E-state index contributed by atoms with van der Waals surface area (Å²) in [6.07, 6.45) is 0. The van der Waals surface area contributed by atoms with Gasteiger partial charge in [-0.3, -0.25) is 4.72 Å². The zero-order valence-electron chi connectivity index (χ0n) is 11.8. The minimum absolute atomic E-state index is 0.278. The molecule has 0 aliphatic heterocycles. The molecule has 1 N–H and O–H groups in total. The third-order valence-corrected chi connectivity index (χ3v) is 5.57. The summed E-state index contributed by atoms with van der Waals surface area (Å²) in [6.45, 7) is 6.95. The molecule has 1 aromatic carbocycles. The van der Waals surface area contributed by atoms with Crippen LogP contribution >= 0.6 is 39.2 Å². The lowest BCUT2D eigenvalue weighted by atomic mass is 10.1. The van der Waals surface area contributed by atoms with E-state index >= 15 is 0 Å². The van der Waals surface area contributed by atoms with Crippen molar-refractivity contribution in [2.75, 3.05) is 6.61 Å². The lowest BCUT2D eigenvalue weighted by Gasteiger charge is -2.16. The maximum absolute atomic E-state index is 5.94. The van der Waals surface area contributed by atoms with E-state index in [4.69, 9.17) is 4.74 Å². The fraction of sp³-hybridized carbons (Fsp3) is 0.333. The molecule has 0 saturated heterocycles. The average Bonchev–Trinajstić information content (AvgIpc) is 2.82. The predicted octanol–water partition coefficient (Wildman–Crippen LogP) is 5.19. The molecule has 0 aliphatic rings. The van der Waals surface area contributed by atoms with Gasteiger partial charge in [0.1, 0.15) is 12.4 Å². The van der Waals surface area contributed by atoms with Crippen LogP contribution in [0.3, 0.4) is 0 Å². The van der Waals surface area contributed by atoms with E-state index in [0.29, 0.717) is 6.61 Å². The van der Waals surface area contributed by atoms with Crippen LogP contribution in [0.4, 0.5) is 0 Å². The molecule has 0 bridgehead atoms. The molecular weight excluding hydrogens is 354 g/mol. The number of benzene rings is 1. The van der Waals surface area contributed by atoms with Crippen molar-refractivity contribution in [2.24, 2.45) is 0 Å². The molecule has 20 heavy (non-hydrogen) atoms.